The number of aromatic nitrogens is 3. The van der Waals surface area contributed by atoms with Crippen LogP contribution in [-0.4, -0.2) is 61.9 Å². The van der Waals surface area contributed by atoms with Crippen LogP contribution in [0.15, 0.2) is 12.1 Å². The number of hydrogen-bond acceptors (Lipinski definition) is 4. The van der Waals surface area contributed by atoms with Gasteiger partial charge in [0, 0.05) is 49.8 Å². The van der Waals surface area contributed by atoms with Crippen LogP contribution in [0.3, 0.4) is 0 Å². The van der Waals surface area contributed by atoms with Gasteiger partial charge in [-0.1, -0.05) is 0 Å². The lowest BCUT2D eigenvalue weighted by atomic mass is 9.92. The third kappa shape index (κ3) is 4.12. The average Bonchev–Trinajstić information content (AvgIpc) is 3.27. The minimum atomic E-state index is -4.54. The first-order valence-electron chi connectivity index (χ1n) is 10.6. The molecule has 0 unspecified atom stereocenters. The smallest absolute Gasteiger partial charge is 0.342 e. The van der Waals surface area contributed by atoms with Crippen LogP contribution < -0.4 is 0 Å². The lowest BCUT2D eigenvalue weighted by Gasteiger charge is -2.33. The molecule has 168 valence electrons. The molecule has 0 aromatic carbocycles. The van der Waals surface area contributed by atoms with Crippen LogP contribution in [0.25, 0.3) is 5.65 Å². The number of alkyl halides is 3. The van der Waals surface area contributed by atoms with Crippen molar-refractivity contribution in [1.29, 1.82) is 0 Å². The summed E-state index contributed by atoms with van der Waals surface area (Å²) in [6, 6.07) is 2.68. The van der Waals surface area contributed by atoms with Crippen molar-refractivity contribution in [2.75, 3.05) is 19.6 Å². The summed E-state index contributed by atoms with van der Waals surface area (Å²) in [5.41, 5.74) is 0.197. The third-order valence-electron chi connectivity index (χ3n) is 6.22. The fourth-order valence-corrected chi connectivity index (χ4v) is 4.57. The zero-order valence-corrected chi connectivity index (χ0v) is 17.8. The Bertz CT molecular complexity index is 1010. The normalized spacial score (nSPS) is 21.0. The highest BCUT2D eigenvalue weighted by atomic mass is 19.4. The average molecular weight is 437 g/mol. The Morgan fingerprint density at radius 2 is 1.87 bits per heavy atom. The molecule has 7 nitrogen and oxygen atoms in total. The van der Waals surface area contributed by atoms with Crippen LogP contribution >= 0.6 is 0 Å². The fraction of sp³-hybridized carbons (Fsp3) is 0.619. The molecule has 0 N–H and O–H groups in total. The van der Waals surface area contributed by atoms with Gasteiger partial charge in [0.25, 0.3) is 0 Å². The Morgan fingerprint density at radius 3 is 2.45 bits per heavy atom. The van der Waals surface area contributed by atoms with E-state index in [4.69, 9.17) is 0 Å². The van der Waals surface area contributed by atoms with Gasteiger partial charge in [-0.05, 0) is 39.7 Å². The van der Waals surface area contributed by atoms with Crippen molar-refractivity contribution >= 4 is 17.5 Å². The van der Waals surface area contributed by atoms with E-state index in [0.29, 0.717) is 43.9 Å². The lowest BCUT2D eigenvalue weighted by Crippen LogP contribution is -2.42. The molecule has 0 radical (unpaired) electrons. The first kappa shape index (κ1) is 21.6. The summed E-state index contributed by atoms with van der Waals surface area (Å²) < 4.78 is 41.5. The number of fused-ring (bicyclic) bond motifs is 1. The quantitative estimate of drug-likeness (QED) is 0.740. The van der Waals surface area contributed by atoms with Gasteiger partial charge < -0.3 is 9.80 Å². The summed E-state index contributed by atoms with van der Waals surface area (Å²) in [6.45, 7) is 6.81. The highest BCUT2D eigenvalue weighted by Crippen LogP contribution is 2.34. The van der Waals surface area contributed by atoms with Crippen molar-refractivity contribution < 1.29 is 22.8 Å². The number of piperidine rings is 1. The SMILES string of the molecule is Cc1cc2nc(C3CCN(C(=O)[C@H]4CC(=O)N(C(C)C)C4)CC3)cc(C(F)(F)F)n2n1. The Hall–Kier alpha value is -2.65. The van der Waals surface area contributed by atoms with Gasteiger partial charge in [-0.15, -0.1) is 0 Å². The number of amides is 2. The maximum atomic E-state index is 13.6. The molecule has 4 rings (SSSR count). The number of carbonyl (C=O) groups is 2. The van der Waals surface area contributed by atoms with Crippen LogP contribution in [0.4, 0.5) is 13.2 Å². The number of halogens is 3. The first-order valence-corrected chi connectivity index (χ1v) is 10.6. The second kappa shape index (κ2) is 7.80. The van der Waals surface area contributed by atoms with Crippen molar-refractivity contribution in [3.8, 4) is 0 Å². The van der Waals surface area contributed by atoms with Gasteiger partial charge in [-0.2, -0.15) is 18.3 Å². The minimum Gasteiger partial charge on any atom is -0.342 e. The summed E-state index contributed by atoms with van der Waals surface area (Å²) in [5, 5.41) is 3.92. The molecule has 2 amide bonds. The first-order chi connectivity index (χ1) is 14.5. The molecule has 4 heterocycles. The largest absolute Gasteiger partial charge is 0.433 e. The molecule has 0 bridgehead atoms. The van der Waals surface area contributed by atoms with Gasteiger partial charge in [-0.25, -0.2) is 9.50 Å². The zero-order chi connectivity index (χ0) is 22.5. The zero-order valence-electron chi connectivity index (χ0n) is 17.8. The predicted octanol–water partition coefficient (Wildman–Crippen LogP) is 3.02. The molecule has 2 aliphatic heterocycles. The van der Waals surface area contributed by atoms with Crippen LogP contribution in [0.1, 0.15) is 56.1 Å². The van der Waals surface area contributed by atoms with Gasteiger partial charge in [0.15, 0.2) is 5.65 Å². The summed E-state index contributed by atoms with van der Waals surface area (Å²) in [4.78, 5) is 32.9. The summed E-state index contributed by atoms with van der Waals surface area (Å²) in [6.07, 6.45) is -3.24. The van der Waals surface area contributed by atoms with Crippen molar-refractivity contribution in [2.24, 2.45) is 5.92 Å². The predicted molar refractivity (Wildman–Crippen MR) is 106 cm³/mol. The Labute approximate surface area is 178 Å². The van der Waals surface area contributed by atoms with Gasteiger partial charge in [0.05, 0.1) is 11.6 Å². The second-order valence-corrected chi connectivity index (χ2v) is 8.76. The number of nitrogens with zero attached hydrogens (tertiary/aromatic N) is 5. The summed E-state index contributed by atoms with van der Waals surface area (Å²) in [7, 11) is 0. The molecule has 2 fully saturated rings. The molecule has 31 heavy (non-hydrogen) atoms. The molecule has 2 aromatic heterocycles. The van der Waals surface area contributed by atoms with Crippen LogP contribution in [0, 0.1) is 12.8 Å². The molecule has 0 aliphatic carbocycles. The Morgan fingerprint density at radius 1 is 1.19 bits per heavy atom. The van der Waals surface area contributed by atoms with E-state index < -0.39 is 11.9 Å². The van der Waals surface area contributed by atoms with Crippen LogP contribution in [0.5, 0.6) is 0 Å². The topological polar surface area (TPSA) is 70.8 Å². The van der Waals surface area contributed by atoms with E-state index in [1.807, 2.05) is 13.8 Å². The number of hydrogen-bond donors (Lipinski definition) is 0. The van der Waals surface area contributed by atoms with E-state index in [-0.39, 0.29) is 41.8 Å². The summed E-state index contributed by atoms with van der Waals surface area (Å²) >= 11 is 0. The lowest BCUT2D eigenvalue weighted by molar-refractivity contribution is -0.142. The van der Waals surface area contributed by atoms with Crippen LogP contribution in [0.2, 0.25) is 0 Å². The van der Waals surface area contributed by atoms with E-state index in [9.17, 15) is 22.8 Å². The molecule has 0 spiro atoms. The minimum absolute atomic E-state index is 0.00322. The number of rotatable bonds is 3. The van der Waals surface area contributed by atoms with Gasteiger partial charge >= 0.3 is 6.18 Å². The monoisotopic (exact) mass is 437 g/mol. The standard InChI is InChI=1S/C21H26F3N5O2/c1-12(2)28-11-15(9-19(28)30)20(31)27-6-4-14(5-7-27)16-10-17(21(22,23)24)29-18(25-16)8-13(3)26-29/h8,10,12,14-15H,4-7,9,11H2,1-3H3/t15-/m0/s1. The Kier molecular flexibility index (Phi) is 5.43. The molecule has 2 aliphatic rings. The molecular weight excluding hydrogens is 411 g/mol. The van der Waals surface area contributed by atoms with Gasteiger partial charge in [-0.3, -0.25) is 9.59 Å². The maximum absolute atomic E-state index is 13.6. The van der Waals surface area contributed by atoms with E-state index in [1.54, 1.807) is 16.7 Å². The maximum Gasteiger partial charge on any atom is 0.433 e. The van der Waals surface area contributed by atoms with Crippen molar-refractivity contribution in [3.63, 3.8) is 0 Å². The molecular formula is C21H26F3N5O2. The third-order valence-corrected chi connectivity index (χ3v) is 6.22. The van der Waals surface area contributed by atoms with Gasteiger partial charge in [0.2, 0.25) is 11.8 Å². The highest BCUT2D eigenvalue weighted by molar-refractivity contribution is 5.89. The molecule has 10 heteroatoms. The second-order valence-electron chi connectivity index (χ2n) is 8.76. The Balaban J connectivity index is 1.47. The van der Waals surface area contributed by atoms with E-state index in [2.05, 4.69) is 10.1 Å². The fourth-order valence-electron chi connectivity index (χ4n) is 4.57. The molecule has 2 saturated heterocycles. The van der Waals surface area contributed by atoms with E-state index in [0.717, 1.165) is 10.6 Å². The number of likely N-dealkylation sites (tertiary alicyclic amines) is 2. The number of carbonyl (C=O) groups excluding carboxylic acids is 2. The molecule has 2 aromatic rings. The molecule has 0 saturated carbocycles. The van der Waals surface area contributed by atoms with Crippen LogP contribution in [-0.2, 0) is 15.8 Å². The molecule has 1 atom stereocenters. The van der Waals surface area contributed by atoms with Gasteiger partial charge in [0.1, 0.15) is 5.69 Å². The summed E-state index contributed by atoms with van der Waals surface area (Å²) in [5.74, 6) is -0.549. The number of aryl methyl sites for hydroxylation is 1. The van der Waals surface area contributed by atoms with E-state index in [1.165, 1.54) is 6.07 Å². The highest BCUT2D eigenvalue weighted by Gasteiger charge is 2.39. The van der Waals surface area contributed by atoms with Crippen molar-refractivity contribution in [1.82, 2.24) is 24.4 Å². The van der Waals surface area contributed by atoms with Crippen molar-refractivity contribution in [2.45, 2.75) is 58.2 Å². The van der Waals surface area contributed by atoms with Crippen molar-refractivity contribution in [3.05, 3.63) is 29.2 Å². The van der Waals surface area contributed by atoms with E-state index >= 15 is 0 Å².